The number of aliphatic carboxylic acids is 1. The number of carboxylic acids is 1. The summed E-state index contributed by atoms with van der Waals surface area (Å²) < 4.78 is 0. The summed E-state index contributed by atoms with van der Waals surface area (Å²) >= 11 is 0. The maximum absolute atomic E-state index is 11.2. The van der Waals surface area contributed by atoms with E-state index in [1.54, 1.807) is 6.20 Å². The Labute approximate surface area is 117 Å². The van der Waals surface area contributed by atoms with Crippen LogP contribution in [0.3, 0.4) is 0 Å². The molecular formula is C13H17ClN2O3. The Morgan fingerprint density at radius 2 is 2.26 bits per heavy atom. The van der Waals surface area contributed by atoms with Gasteiger partial charge in [-0.15, -0.1) is 12.4 Å². The Hall–Kier alpha value is -1.62. The topological polar surface area (TPSA) is 79.3 Å². The van der Waals surface area contributed by atoms with Crippen LogP contribution in [0, 0.1) is 0 Å². The molecule has 1 atom stereocenters. The van der Waals surface area contributed by atoms with Gasteiger partial charge in [0.1, 0.15) is 5.82 Å². The normalized spacial score (nSPS) is 14.9. The van der Waals surface area contributed by atoms with Crippen molar-refractivity contribution < 1.29 is 14.7 Å². The average molecular weight is 285 g/mol. The van der Waals surface area contributed by atoms with Crippen LogP contribution in [-0.4, -0.2) is 22.0 Å². The van der Waals surface area contributed by atoms with Crippen molar-refractivity contribution in [2.45, 2.75) is 38.5 Å². The zero-order chi connectivity index (χ0) is 13.1. The first-order valence-corrected chi connectivity index (χ1v) is 6.10. The number of nitrogens with zero attached hydrogens (tertiary/aromatic N) is 1. The van der Waals surface area contributed by atoms with Gasteiger partial charge in [0.05, 0.1) is 6.42 Å². The highest BCUT2D eigenvalue weighted by Crippen LogP contribution is 2.28. The van der Waals surface area contributed by atoms with Gasteiger partial charge in [0.25, 0.3) is 0 Å². The van der Waals surface area contributed by atoms with Gasteiger partial charge in [-0.05, 0) is 29.9 Å². The third-order valence-electron chi connectivity index (χ3n) is 3.25. The summed E-state index contributed by atoms with van der Waals surface area (Å²) in [6.45, 7) is 1.97. The Morgan fingerprint density at radius 3 is 2.89 bits per heavy atom. The first-order chi connectivity index (χ1) is 8.60. The second kappa shape index (κ2) is 6.52. The lowest BCUT2D eigenvalue weighted by Crippen LogP contribution is -2.20. The number of hydrogen-bond acceptors (Lipinski definition) is 3. The highest BCUT2D eigenvalue weighted by atomic mass is 35.5. The molecule has 0 saturated carbocycles. The summed E-state index contributed by atoms with van der Waals surface area (Å²) in [6.07, 6.45) is 3.68. The second-order valence-electron chi connectivity index (χ2n) is 4.53. The number of halogens is 1. The smallest absolute Gasteiger partial charge is 0.303 e. The zero-order valence-corrected chi connectivity index (χ0v) is 11.5. The molecule has 0 radical (unpaired) electrons. The van der Waals surface area contributed by atoms with Gasteiger partial charge in [-0.1, -0.05) is 13.0 Å². The van der Waals surface area contributed by atoms with Gasteiger partial charge < -0.3 is 10.4 Å². The number of nitrogens with one attached hydrogen (secondary N) is 1. The maximum Gasteiger partial charge on any atom is 0.303 e. The van der Waals surface area contributed by atoms with E-state index in [-0.39, 0.29) is 30.7 Å². The van der Waals surface area contributed by atoms with Gasteiger partial charge in [0.15, 0.2) is 0 Å². The predicted octanol–water partition coefficient (Wildman–Crippen LogP) is 2.36. The van der Waals surface area contributed by atoms with Crippen molar-refractivity contribution in [1.29, 1.82) is 0 Å². The number of pyridine rings is 1. The largest absolute Gasteiger partial charge is 0.481 e. The van der Waals surface area contributed by atoms with E-state index in [2.05, 4.69) is 10.3 Å². The first-order valence-electron chi connectivity index (χ1n) is 6.10. The fourth-order valence-electron chi connectivity index (χ4n) is 2.21. The number of aryl methyl sites for hydroxylation is 1. The molecule has 2 N–H and O–H groups in total. The van der Waals surface area contributed by atoms with Crippen LogP contribution in [0.1, 0.15) is 43.2 Å². The Balaban J connectivity index is 0.00000180. The minimum atomic E-state index is -0.798. The van der Waals surface area contributed by atoms with Crippen LogP contribution in [0.25, 0.3) is 0 Å². The first kappa shape index (κ1) is 15.4. The molecule has 1 aliphatic heterocycles. The SMILES string of the molecule is CCC(CC(=O)O)c1cnc2c(c1)CCC(=O)N2.Cl. The molecule has 0 bridgehead atoms. The van der Waals surface area contributed by atoms with Gasteiger partial charge in [-0.3, -0.25) is 9.59 Å². The van der Waals surface area contributed by atoms with Crippen LogP contribution in [0.2, 0.25) is 0 Å². The summed E-state index contributed by atoms with van der Waals surface area (Å²) in [5, 5.41) is 11.6. The van der Waals surface area contributed by atoms with Crippen molar-refractivity contribution >= 4 is 30.1 Å². The summed E-state index contributed by atoms with van der Waals surface area (Å²) in [4.78, 5) is 26.2. The van der Waals surface area contributed by atoms with Gasteiger partial charge in [0.2, 0.25) is 5.91 Å². The molecule has 5 nitrogen and oxygen atoms in total. The minimum absolute atomic E-state index is 0. The van der Waals surface area contributed by atoms with Crippen LogP contribution >= 0.6 is 12.4 Å². The van der Waals surface area contributed by atoms with Gasteiger partial charge in [-0.25, -0.2) is 4.98 Å². The monoisotopic (exact) mass is 284 g/mol. The number of rotatable bonds is 4. The molecule has 0 fully saturated rings. The van der Waals surface area contributed by atoms with E-state index in [9.17, 15) is 9.59 Å². The molecular weight excluding hydrogens is 268 g/mol. The van der Waals surface area contributed by atoms with Gasteiger partial charge >= 0.3 is 5.97 Å². The summed E-state index contributed by atoms with van der Waals surface area (Å²) in [7, 11) is 0. The highest BCUT2D eigenvalue weighted by molar-refractivity contribution is 5.92. The molecule has 1 aromatic heterocycles. The quantitative estimate of drug-likeness (QED) is 0.889. The number of carbonyl (C=O) groups is 2. The number of fused-ring (bicyclic) bond motifs is 1. The van der Waals surface area contributed by atoms with E-state index in [4.69, 9.17) is 5.11 Å². The van der Waals surface area contributed by atoms with Crippen molar-refractivity contribution in [2.24, 2.45) is 0 Å². The van der Waals surface area contributed by atoms with Crippen LogP contribution in [0.5, 0.6) is 0 Å². The van der Waals surface area contributed by atoms with E-state index in [1.807, 2.05) is 13.0 Å². The number of anilines is 1. The number of carboxylic acid groups (broad SMARTS) is 1. The molecule has 0 aliphatic carbocycles. The van der Waals surface area contributed by atoms with E-state index >= 15 is 0 Å². The van der Waals surface area contributed by atoms with Crippen LogP contribution < -0.4 is 5.32 Å². The fraction of sp³-hybridized carbons (Fsp3) is 0.462. The molecule has 2 heterocycles. The molecule has 1 amide bonds. The van der Waals surface area contributed by atoms with Crippen molar-refractivity contribution in [2.75, 3.05) is 5.32 Å². The minimum Gasteiger partial charge on any atom is -0.481 e. The number of aromatic nitrogens is 1. The van der Waals surface area contributed by atoms with E-state index in [0.29, 0.717) is 18.7 Å². The van der Waals surface area contributed by atoms with E-state index < -0.39 is 5.97 Å². The molecule has 2 rings (SSSR count). The van der Waals surface area contributed by atoms with Crippen molar-refractivity contribution in [3.05, 3.63) is 23.4 Å². The number of hydrogen-bond donors (Lipinski definition) is 2. The van der Waals surface area contributed by atoms with E-state index in [0.717, 1.165) is 17.5 Å². The third-order valence-corrected chi connectivity index (χ3v) is 3.25. The Bertz CT molecular complexity index is 491. The molecule has 1 aliphatic rings. The molecule has 1 unspecified atom stereocenters. The molecule has 6 heteroatoms. The lowest BCUT2D eigenvalue weighted by molar-refractivity contribution is -0.137. The molecule has 104 valence electrons. The highest BCUT2D eigenvalue weighted by Gasteiger charge is 2.19. The fourth-order valence-corrected chi connectivity index (χ4v) is 2.21. The third kappa shape index (κ3) is 3.67. The van der Waals surface area contributed by atoms with Gasteiger partial charge in [0, 0.05) is 12.6 Å². The summed E-state index contributed by atoms with van der Waals surface area (Å²) in [5.74, 6) is -0.216. The summed E-state index contributed by atoms with van der Waals surface area (Å²) in [6, 6.07) is 1.97. The number of amides is 1. The number of carbonyl (C=O) groups excluding carboxylic acids is 1. The van der Waals surface area contributed by atoms with Gasteiger partial charge in [-0.2, -0.15) is 0 Å². The Morgan fingerprint density at radius 1 is 1.53 bits per heavy atom. The predicted molar refractivity (Wildman–Crippen MR) is 73.7 cm³/mol. The second-order valence-corrected chi connectivity index (χ2v) is 4.53. The lowest BCUT2D eigenvalue weighted by Gasteiger charge is -2.19. The van der Waals surface area contributed by atoms with Crippen molar-refractivity contribution in [3.8, 4) is 0 Å². The Kier molecular flexibility index (Phi) is 5.30. The van der Waals surface area contributed by atoms with Crippen molar-refractivity contribution in [1.82, 2.24) is 4.98 Å². The molecule has 0 saturated heterocycles. The van der Waals surface area contributed by atoms with Crippen LogP contribution in [-0.2, 0) is 16.0 Å². The van der Waals surface area contributed by atoms with Crippen molar-refractivity contribution in [3.63, 3.8) is 0 Å². The summed E-state index contributed by atoms with van der Waals surface area (Å²) in [5.41, 5.74) is 1.94. The molecule has 0 aromatic carbocycles. The molecule has 0 spiro atoms. The molecule has 1 aromatic rings. The zero-order valence-electron chi connectivity index (χ0n) is 10.7. The molecule has 19 heavy (non-hydrogen) atoms. The van der Waals surface area contributed by atoms with Crippen LogP contribution in [0.4, 0.5) is 5.82 Å². The average Bonchev–Trinajstić information content (AvgIpc) is 2.35. The maximum atomic E-state index is 11.2. The van der Waals surface area contributed by atoms with E-state index in [1.165, 1.54) is 0 Å². The lowest BCUT2D eigenvalue weighted by atomic mass is 9.92. The standard InChI is InChI=1S/C13H16N2O3.ClH/c1-2-8(6-12(17)18)10-5-9-3-4-11(16)15-13(9)14-7-10;/h5,7-8H,2-4,6H2,1H3,(H,17,18)(H,14,15,16);1H. The van der Waals surface area contributed by atoms with Crippen LogP contribution in [0.15, 0.2) is 12.3 Å².